The van der Waals surface area contributed by atoms with Gasteiger partial charge in [0.1, 0.15) is 5.69 Å². The molecule has 0 heterocycles. The van der Waals surface area contributed by atoms with E-state index in [-0.39, 0.29) is 5.69 Å². The normalized spacial score (nSPS) is 15.4. The number of nitrogens with zero attached hydrogens (tertiary/aromatic N) is 3. The van der Waals surface area contributed by atoms with Crippen molar-refractivity contribution >= 4 is 11.4 Å². The summed E-state index contributed by atoms with van der Waals surface area (Å²) in [5.41, 5.74) is 1.06. The van der Waals surface area contributed by atoms with E-state index >= 15 is 0 Å². The number of hydrogen-bond donors (Lipinski definition) is 1. The molecule has 0 unspecified atom stereocenters. The summed E-state index contributed by atoms with van der Waals surface area (Å²) in [5, 5.41) is 29.5. The largest absolute Gasteiger partial charge is 0.389 e. The van der Waals surface area contributed by atoms with Crippen LogP contribution in [0.1, 0.15) is 37.9 Å². The second-order valence-corrected chi connectivity index (χ2v) is 5.01. The van der Waals surface area contributed by atoms with Crippen molar-refractivity contribution in [3.63, 3.8) is 0 Å². The molecule has 0 radical (unpaired) electrons. The van der Waals surface area contributed by atoms with Crippen LogP contribution in [0, 0.1) is 21.4 Å². The lowest BCUT2D eigenvalue weighted by Gasteiger charge is -2.23. The minimum atomic E-state index is -0.740. The van der Waals surface area contributed by atoms with Gasteiger partial charge in [-0.1, -0.05) is 6.07 Å². The van der Waals surface area contributed by atoms with E-state index in [1.54, 1.807) is 19.1 Å². The Kier molecular flexibility index (Phi) is 4.20. The zero-order chi connectivity index (χ0) is 14.7. The molecule has 1 atom stereocenters. The van der Waals surface area contributed by atoms with Crippen molar-refractivity contribution in [3.05, 3.63) is 33.9 Å². The molecule has 1 N–H and O–H groups in total. The van der Waals surface area contributed by atoms with Crippen LogP contribution in [0.15, 0.2) is 18.2 Å². The summed E-state index contributed by atoms with van der Waals surface area (Å²) < 4.78 is 0. The van der Waals surface area contributed by atoms with Crippen molar-refractivity contribution < 1.29 is 10.0 Å². The third kappa shape index (κ3) is 3.06. The predicted octanol–water partition coefficient (Wildman–Crippen LogP) is 2.53. The highest BCUT2D eigenvalue weighted by atomic mass is 16.6. The van der Waals surface area contributed by atoms with Crippen LogP contribution in [0.3, 0.4) is 0 Å². The van der Waals surface area contributed by atoms with Crippen LogP contribution in [0.4, 0.5) is 11.4 Å². The molecule has 6 heteroatoms. The Morgan fingerprint density at radius 3 is 2.80 bits per heavy atom. The molecule has 20 heavy (non-hydrogen) atoms. The molecular formula is C14H17N3O3. The van der Waals surface area contributed by atoms with Crippen LogP contribution in [-0.4, -0.2) is 22.6 Å². The first kappa shape index (κ1) is 14.3. The summed E-state index contributed by atoms with van der Waals surface area (Å²) in [6.07, 6.45) is 1.60. The first-order valence-electron chi connectivity index (χ1n) is 6.64. The van der Waals surface area contributed by atoms with Gasteiger partial charge in [-0.25, -0.2) is 0 Å². The molecule has 1 aliphatic rings. The lowest BCUT2D eigenvalue weighted by molar-refractivity contribution is -0.384. The third-order valence-corrected chi connectivity index (χ3v) is 3.44. The fourth-order valence-corrected chi connectivity index (χ4v) is 2.25. The van der Waals surface area contributed by atoms with Gasteiger partial charge in [-0.15, -0.1) is 0 Å². The van der Waals surface area contributed by atoms with Gasteiger partial charge in [0.2, 0.25) is 0 Å². The Hall–Kier alpha value is -2.13. The highest BCUT2D eigenvalue weighted by molar-refractivity contribution is 5.65. The quantitative estimate of drug-likeness (QED) is 0.636. The average Bonchev–Trinajstić information content (AvgIpc) is 3.23. The Morgan fingerprint density at radius 1 is 1.60 bits per heavy atom. The maximum Gasteiger partial charge on any atom is 0.292 e. The molecule has 0 spiro atoms. The van der Waals surface area contributed by atoms with Crippen molar-refractivity contribution in [1.29, 1.82) is 5.26 Å². The van der Waals surface area contributed by atoms with Crippen molar-refractivity contribution in [3.8, 4) is 6.07 Å². The first-order chi connectivity index (χ1) is 9.54. The van der Waals surface area contributed by atoms with Crippen molar-refractivity contribution in [2.75, 3.05) is 11.4 Å². The van der Waals surface area contributed by atoms with E-state index in [0.29, 0.717) is 30.3 Å². The molecule has 0 saturated heterocycles. The van der Waals surface area contributed by atoms with Gasteiger partial charge in [-0.2, -0.15) is 5.26 Å². The number of aliphatic hydroxyl groups is 1. The van der Waals surface area contributed by atoms with Crippen molar-refractivity contribution in [1.82, 2.24) is 0 Å². The molecule has 106 valence electrons. The zero-order valence-corrected chi connectivity index (χ0v) is 11.3. The van der Waals surface area contributed by atoms with E-state index in [4.69, 9.17) is 5.26 Å². The van der Waals surface area contributed by atoms with Gasteiger partial charge in [0, 0.05) is 18.7 Å². The van der Waals surface area contributed by atoms with Gasteiger partial charge < -0.3 is 10.0 Å². The maximum atomic E-state index is 11.3. The summed E-state index contributed by atoms with van der Waals surface area (Å²) in [5.74, 6) is 0. The second kappa shape index (κ2) is 5.88. The number of anilines is 1. The molecule has 0 aromatic heterocycles. The minimum absolute atomic E-state index is 0.00626. The van der Waals surface area contributed by atoms with E-state index < -0.39 is 11.0 Å². The van der Waals surface area contributed by atoms with E-state index in [0.717, 1.165) is 12.8 Å². The Morgan fingerprint density at radius 2 is 2.30 bits per heavy atom. The van der Waals surface area contributed by atoms with Crippen molar-refractivity contribution in [2.45, 2.75) is 38.3 Å². The molecule has 2 rings (SSSR count). The molecule has 1 aromatic carbocycles. The summed E-state index contributed by atoms with van der Waals surface area (Å²) in [6.45, 7) is 2.07. The molecule has 1 aliphatic carbocycles. The summed E-state index contributed by atoms with van der Waals surface area (Å²) in [7, 11) is 0. The lowest BCUT2D eigenvalue weighted by atomic mass is 10.1. The van der Waals surface area contributed by atoms with Gasteiger partial charge >= 0.3 is 0 Å². The zero-order valence-electron chi connectivity index (χ0n) is 11.3. The lowest BCUT2D eigenvalue weighted by Crippen LogP contribution is -2.27. The summed E-state index contributed by atoms with van der Waals surface area (Å²) >= 11 is 0. The van der Waals surface area contributed by atoms with E-state index in [1.807, 2.05) is 4.90 Å². The first-order valence-corrected chi connectivity index (χ1v) is 6.64. The number of rotatable bonds is 6. The number of aliphatic hydroxyl groups excluding tert-OH is 1. The van der Waals surface area contributed by atoms with Crippen LogP contribution >= 0.6 is 0 Å². The topological polar surface area (TPSA) is 90.4 Å². The van der Waals surface area contributed by atoms with Crippen molar-refractivity contribution in [2.24, 2.45) is 0 Å². The van der Waals surface area contributed by atoms with Gasteiger partial charge in [-0.05, 0) is 31.4 Å². The molecule has 0 aliphatic heterocycles. The van der Waals surface area contributed by atoms with Crippen LogP contribution in [-0.2, 0) is 0 Å². The standard InChI is InChI=1S/C14H17N3O3/c1-10(18)11-3-6-13(14(9-11)17(19)20)16(8-2-7-15)12-4-5-12/h3,6,9-10,12,18H,2,4-5,8H2,1H3/t10-/m1/s1. The molecule has 1 fully saturated rings. The van der Waals surface area contributed by atoms with Crippen LogP contribution < -0.4 is 4.90 Å². The molecule has 1 aromatic rings. The fourth-order valence-electron chi connectivity index (χ4n) is 2.25. The average molecular weight is 275 g/mol. The number of benzene rings is 1. The minimum Gasteiger partial charge on any atom is -0.389 e. The molecule has 0 bridgehead atoms. The SMILES string of the molecule is C[C@@H](O)c1ccc(N(CCC#N)C2CC2)c([N+](=O)[O-])c1. The summed E-state index contributed by atoms with van der Waals surface area (Å²) in [6, 6.07) is 7.17. The van der Waals surface area contributed by atoms with Gasteiger partial charge in [0.25, 0.3) is 5.69 Å². The van der Waals surface area contributed by atoms with E-state index in [1.165, 1.54) is 6.07 Å². The third-order valence-electron chi connectivity index (χ3n) is 3.44. The Bertz CT molecular complexity index is 547. The summed E-state index contributed by atoms with van der Waals surface area (Å²) in [4.78, 5) is 12.8. The Labute approximate surface area is 117 Å². The molecule has 0 amide bonds. The highest BCUT2D eigenvalue weighted by Gasteiger charge is 2.32. The van der Waals surface area contributed by atoms with Gasteiger partial charge in [0.15, 0.2) is 0 Å². The molecule has 6 nitrogen and oxygen atoms in total. The van der Waals surface area contributed by atoms with E-state index in [2.05, 4.69) is 6.07 Å². The monoisotopic (exact) mass is 275 g/mol. The number of hydrogen-bond acceptors (Lipinski definition) is 5. The smallest absolute Gasteiger partial charge is 0.292 e. The second-order valence-electron chi connectivity index (χ2n) is 5.01. The number of nitro groups is 1. The molecule has 1 saturated carbocycles. The van der Waals surface area contributed by atoms with Gasteiger partial charge in [0.05, 0.1) is 23.5 Å². The van der Waals surface area contributed by atoms with Crippen LogP contribution in [0.5, 0.6) is 0 Å². The maximum absolute atomic E-state index is 11.3. The predicted molar refractivity (Wildman–Crippen MR) is 74.3 cm³/mol. The van der Waals surface area contributed by atoms with Crippen LogP contribution in [0.2, 0.25) is 0 Å². The highest BCUT2D eigenvalue weighted by Crippen LogP contribution is 2.38. The van der Waals surface area contributed by atoms with Gasteiger partial charge in [-0.3, -0.25) is 10.1 Å². The van der Waals surface area contributed by atoms with Crippen LogP contribution in [0.25, 0.3) is 0 Å². The number of nitriles is 1. The molecular weight excluding hydrogens is 258 g/mol. The Balaban J connectivity index is 2.37. The number of nitro benzene ring substituents is 1. The fraction of sp³-hybridized carbons (Fsp3) is 0.500. The van der Waals surface area contributed by atoms with E-state index in [9.17, 15) is 15.2 Å².